The molecule has 1 aliphatic heterocycles. The Morgan fingerprint density at radius 3 is 2.81 bits per heavy atom. The first kappa shape index (κ1) is 22.0. The number of aromatic amines is 1. The molecular formula is C21H30N4O2. The fourth-order valence-corrected chi connectivity index (χ4v) is 2.41. The molecule has 3 N–H and O–H groups in total. The van der Waals surface area contributed by atoms with E-state index in [2.05, 4.69) is 9.97 Å². The van der Waals surface area contributed by atoms with E-state index >= 15 is 0 Å². The number of rotatable bonds is 5. The van der Waals surface area contributed by atoms with Crippen LogP contribution < -0.4 is 0 Å². The molecule has 0 unspecified atom stereocenters. The molecular weight excluding hydrogens is 340 g/mol. The molecule has 0 spiro atoms. The summed E-state index contributed by atoms with van der Waals surface area (Å²) >= 11 is 0. The van der Waals surface area contributed by atoms with Gasteiger partial charge in [-0.1, -0.05) is 38.1 Å². The summed E-state index contributed by atoms with van der Waals surface area (Å²) < 4.78 is 4.84. The van der Waals surface area contributed by atoms with E-state index in [1.54, 1.807) is 25.6 Å². The standard InChI is InChI=1S/C19H24N4O2.C2H6/c1-15-9-5-3-6-11-21-19(22-15)17-16(24)10-13-23(18(17)20)12-7-4-8-14-25-2;1-2/h3-9,11,14,20,24H,10,12-13H2,1-2H3,(H,21,22);1-2H3/b5-3?,7-4+,11-6?,14-8-,15-9?,20-18?;. The molecule has 0 radical (unpaired) electrons. The zero-order valence-electron chi connectivity index (χ0n) is 16.6. The van der Waals surface area contributed by atoms with Crippen molar-refractivity contribution in [2.45, 2.75) is 27.2 Å². The zero-order valence-corrected chi connectivity index (χ0v) is 16.6. The maximum absolute atomic E-state index is 10.4. The predicted octanol–water partition coefficient (Wildman–Crippen LogP) is 4.54. The second-order valence-electron chi connectivity index (χ2n) is 5.54. The van der Waals surface area contributed by atoms with Crippen molar-refractivity contribution in [2.75, 3.05) is 20.2 Å². The molecule has 0 aromatic carbocycles. The smallest absolute Gasteiger partial charge is 0.144 e. The minimum Gasteiger partial charge on any atom is -0.511 e. The number of aliphatic hydroxyl groups is 1. The monoisotopic (exact) mass is 370 g/mol. The molecule has 6 heteroatoms. The highest BCUT2D eigenvalue weighted by molar-refractivity contribution is 6.21. The van der Waals surface area contributed by atoms with E-state index in [1.165, 1.54) is 0 Å². The van der Waals surface area contributed by atoms with Crippen LogP contribution >= 0.6 is 0 Å². The third kappa shape index (κ3) is 7.01. The molecule has 0 saturated heterocycles. The number of nitrogens with zero attached hydrogens (tertiary/aromatic N) is 2. The lowest BCUT2D eigenvalue weighted by Crippen LogP contribution is -2.36. The Kier molecular flexibility index (Phi) is 10.1. The molecule has 0 amide bonds. The van der Waals surface area contributed by atoms with Crippen molar-refractivity contribution >= 4 is 11.4 Å². The molecule has 0 saturated carbocycles. The van der Waals surface area contributed by atoms with Gasteiger partial charge in [0.15, 0.2) is 0 Å². The largest absolute Gasteiger partial charge is 0.511 e. The first-order valence-corrected chi connectivity index (χ1v) is 9.09. The third-order valence-electron chi connectivity index (χ3n) is 3.66. The van der Waals surface area contributed by atoms with E-state index in [0.717, 1.165) is 5.69 Å². The molecule has 1 aromatic heterocycles. The molecule has 1 aliphatic rings. The summed E-state index contributed by atoms with van der Waals surface area (Å²) in [6.07, 6.45) is 9.31. The summed E-state index contributed by atoms with van der Waals surface area (Å²) in [6.45, 7) is 7.08. The van der Waals surface area contributed by atoms with Gasteiger partial charge in [-0.05, 0) is 25.1 Å². The first-order valence-electron chi connectivity index (χ1n) is 9.09. The molecule has 146 valence electrons. The number of hydrogen-bond acceptors (Lipinski definition) is 4. The van der Waals surface area contributed by atoms with Crippen LogP contribution in [0.5, 0.6) is 0 Å². The van der Waals surface area contributed by atoms with Crippen molar-refractivity contribution in [3.8, 4) is 0 Å². The third-order valence-corrected chi connectivity index (χ3v) is 3.66. The van der Waals surface area contributed by atoms with Crippen LogP contribution in [-0.4, -0.2) is 46.0 Å². The lowest BCUT2D eigenvalue weighted by atomic mass is 10.1. The lowest BCUT2D eigenvalue weighted by Gasteiger charge is -2.29. The van der Waals surface area contributed by atoms with E-state index in [4.69, 9.17) is 10.1 Å². The Morgan fingerprint density at radius 2 is 2.07 bits per heavy atom. The van der Waals surface area contributed by atoms with Gasteiger partial charge in [0.2, 0.25) is 0 Å². The summed E-state index contributed by atoms with van der Waals surface area (Å²) in [7, 11) is 1.59. The van der Waals surface area contributed by atoms with Gasteiger partial charge in [-0.15, -0.1) is 0 Å². The van der Waals surface area contributed by atoms with Crippen molar-refractivity contribution in [1.82, 2.24) is 14.9 Å². The van der Waals surface area contributed by atoms with Crippen LogP contribution in [0.2, 0.25) is 0 Å². The van der Waals surface area contributed by atoms with Crippen LogP contribution in [0.1, 0.15) is 31.8 Å². The van der Waals surface area contributed by atoms with Gasteiger partial charge in [0.25, 0.3) is 0 Å². The van der Waals surface area contributed by atoms with Crippen molar-refractivity contribution in [3.63, 3.8) is 0 Å². The van der Waals surface area contributed by atoms with Crippen LogP contribution in [0.15, 0.2) is 60.7 Å². The Balaban J connectivity index is 0.00000176. The van der Waals surface area contributed by atoms with Crippen molar-refractivity contribution < 1.29 is 9.84 Å². The minimum absolute atomic E-state index is 0.184. The average molecular weight is 370 g/mol. The Bertz CT molecular complexity index is 746. The van der Waals surface area contributed by atoms with E-state index in [1.807, 2.05) is 62.1 Å². The van der Waals surface area contributed by atoms with Gasteiger partial charge in [-0.3, -0.25) is 5.41 Å². The Labute approximate surface area is 161 Å². The molecule has 0 bridgehead atoms. The number of methoxy groups -OCH3 is 1. The quantitative estimate of drug-likeness (QED) is 0.525. The molecule has 0 aliphatic carbocycles. The van der Waals surface area contributed by atoms with Gasteiger partial charge in [0, 0.05) is 31.4 Å². The van der Waals surface area contributed by atoms with Crippen LogP contribution in [-0.2, 0) is 4.74 Å². The second kappa shape index (κ2) is 12.4. The molecule has 2 rings (SSSR count). The maximum atomic E-state index is 10.4. The number of hydrogen-bond donors (Lipinski definition) is 3. The van der Waals surface area contributed by atoms with Gasteiger partial charge in [0.1, 0.15) is 17.4 Å². The SMILES string of the molecule is CC.CO/C=C\C=C\CN1CCC(O)=C(c2ncccccc(C)[nH]2)C1=N. The van der Waals surface area contributed by atoms with E-state index in [-0.39, 0.29) is 11.6 Å². The number of amidine groups is 1. The highest BCUT2D eigenvalue weighted by Gasteiger charge is 2.25. The first-order chi connectivity index (χ1) is 13.1. The number of ether oxygens (including phenoxy) is 1. The van der Waals surface area contributed by atoms with Crippen molar-refractivity contribution in [3.05, 3.63) is 72.2 Å². The second-order valence-corrected chi connectivity index (χ2v) is 5.54. The van der Waals surface area contributed by atoms with Gasteiger partial charge in [0.05, 0.1) is 18.9 Å². The summed E-state index contributed by atoms with van der Waals surface area (Å²) in [6, 6.07) is 7.51. The fourth-order valence-electron chi connectivity index (χ4n) is 2.41. The van der Waals surface area contributed by atoms with E-state index < -0.39 is 0 Å². The summed E-state index contributed by atoms with van der Waals surface area (Å²) in [4.78, 5) is 9.44. The van der Waals surface area contributed by atoms with Gasteiger partial charge < -0.3 is 19.7 Å². The van der Waals surface area contributed by atoms with Crippen molar-refractivity contribution in [2.24, 2.45) is 0 Å². The molecule has 0 atom stereocenters. The van der Waals surface area contributed by atoms with Crippen LogP contribution in [0.3, 0.4) is 0 Å². The number of nitrogens with one attached hydrogen (secondary N) is 2. The van der Waals surface area contributed by atoms with Crippen molar-refractivity contribution in [1.29, 1.82) is 5.41 Å². The summed E-state index contributed by atoms with van der Waals surface area (Å²) in [5.74, 6) is 0.914. The van der Waals surface area contributed by atoms with Gasteiger partial charge >= 0.3 is 0 Å². The Morgan fingerprint density at radius 1 is 1.30 bits per heavy atom. The molecule has 1 aromatic rings. The van der Waals surface area contributed by atoms with E-state index in [9.17, 15) is 5.11 Å². The number of H-pyrrole nitrogens is 1. The number of aromatic nitrogens is 2. The number of aryl methyl sites for hydroxylation is 1. The predicted molar refractivity (Wildman–Crippen MR) is 111 cm³/mol. The minimum atomic E-state index is 0.184. The van der Waals surface area contributed by atoms with Crippen LogP contribution in [0.4, 0.5) is 0 Å². The maximum Gasteiger partial charge on any atom is 0.144 e. The molecule has 2 heterocycles. The van der Waals surface area contributed by atoms with E-state index in [0.29, 0.717) is 30.9 Å². The highest BCUT2D eigenvalue weighted by atomic mass is 16.5. The highest BCUT2D eigenvalue weighted by Crippen LogP contribution is 2.24. The van der Waals surface area contributed by atoms with Crippen LogP contribution in [0, 0.1) is 12.3 Å². The summed E-state index contributed by atoms with van der Waals surface area (Å²) in [5.41, 5.74) is 1.32. The van der Waals surface area contributed by atoms with Crippen LogP contribution in [0.25, 0.3) is 5.57 Å². The molecule has 0 fully saturated rings. The lowest BCUT2D eigenvalue weighted by molar-refractivity contribution is 0.338. The molecule has 6 nitrogen and oxygen atoms in total. The molecule has 27 heavy (non-hydrogen) atoms. The number of aliphatic hydroxyl groups excluding tert-OH is 1. The van der Waals surface area contributed by atoms with Gasteiger partial charge in [-0.2, -0.15) is 0 Å². The summed E-state index contributed by atoms with van der Waals surface area (Å²) in [5, 5.41) is 18.8. The van der Waals surface area contributed by atoms with Gasteiger partial charge in [-0.25, -0.2) is 4.98 Å². The fraction of sp³-hybridized carbons (Fsp3) is 0.333. The average Bonchev–Trinajstić information content (AvgIpc) is 2.77. The number of allylic oxidation sites excluding steroid dienone is 2. The zero-order chi connectivity index (χ0) is 20.1. The normalized spacial score (nSPS) is 14.2. The topological polar surface area (TPSA) is 85.2 Å². The Hall–Kier alpha value is -3.02.